The Kier molecular flexibility index (Phi) is 4.45. The standard InChI is InChI=1S/C11H17N3O4S2/c12-19(15,16)11-5-1-9(2-6-11)7-8-13-20(17,18)14-10-3-4-10/h1-2,5-6,10,13-14H,3-4,7-8H2,(H2,12,15,16). The normalized spacial score (nSPS) is 16.2. The lowest BCUT2D eigenvalue weighted by Crippen LogP contribution is -2.38. The van der Waals surface area contributed by atoms with Crippen LogP contribution < -0.4 is 14.6 Å². The molecule has 2 rings (SSSR count). The summed E-state index contributed by atoms with van der Waals surface area (Å²) < 4.78 is 50.2. The van der Waals surface area contributed by atoms with E-state index < -0.39 is 20.2 Å². The lowest BCUT2D eigenvalue weighted by Gasteiger charge is -2.07. The smallest absolute Gasteiger partial charge is 0.225 e. The molecule has 0 bridgehead atoms. The number of sulfonamides is 1. The van der Waals surface area contributed by atoms with E-state index in [1.165, 1.54) is 12.1 Å². The molecule has 0 atom stereocenters. The molecule has 0 saturated heterocycles. The zero-order chi connectivity index (χ0) is 14.8. The number of nitrogens with two attached hydrogens (primary N) is 1. The van der Waals surface area contributed by atoms with E-state index in [1.54, 1.807) is 12.1 Å². The van der Waals surface area contributed by atoms with Crippen LogP contribution in [0, 0.1) is 0 Å². The molecular formula is C11H17N3O4S2. The maximum absolute atomic E-state index is 11.5. The minimum atomic E-state index is -3.69. The van der Waals surface area contributed by atoms with Gasteiger partial charge in [-0.25, -0.2) is 18.3 Å². The first kappa shape index (κ1) is 15.4. The fourth-order valence-electron chi connectivity index (χ4n) is 1.64. The second kappa shape index (κ2) is 5.78. The predicted octanol–water partition coefficient (Wildman–Crippen LogP) is -0.537. The highest BCUT2D eigenvalue weighted by atomic mass is 32.2. The summed E-state index contributed by atoms with van der Waals surface area (Å²) in [6.07, 6.45) is 2.24. The van der Waals surface area contributed by atoms with Crippen LogP contribution in [-0.4, -0.2) is 29.4 Å². The second-order valence-electron chi connectivity index (χ2n) is 4.73. The molecule has 1 aromatic rings. The van der Waals surface area contributed by atoms with Gasteiger partial charge in [0.2, 0.25) is 10.0 Å². The van der Waals surface area contributed by atoms with Crippen molar-refractivity contribution in [3.63, 3.8) is 0 Å². The van der Waals surface area contributed by atoms with Gasteiger partial charge in [0.05, 0.1) is 4.90 Å². The maximum Gasteiger partial charge on any atom is 0.277 e. The third kappa shape index (κ3) is 4.84. The highest BCUT2D eigenvalue weighted by Gasteiger charge is 2.26. The molecule has 0 heterocycles. The molecule has 1 aliphatic carbocycles. The fourth-order valence-corrected chi connectivity index (χ4v) is 3.28. The lowest BCUT2D eigenvalue weighted by atomic mass is 10.2. The molecule has 7 nitrogen and oxygen atoms in total. The fraction of sp³-hybridized carbons (Fsp3) is 0.455. The van der Waals surface area contributed by atoms with E-state index in [1.807, 2.05) is 0 Å². The van der Waals surface area contributed by atoms with Crippen molar-refractivity contribution in [2.75, 3.05) is 6.54 Å². The van der Waals surface area contributed by atoms with E-state index >= 15 is 0 Å². The summed E-state index contributed by atoms with van der Waals surface area (Å²) in [6, 6.07) is 6.11. The van der Waals surface area contributed by atoms with Gasteiger partial charge in [-0.3, -0.25) is 0 Å². The number of rotatable bonds is 7. The van der Waals surface area contributed by atoms with Crippen molar-refractivity contribution in [2.45, 2.75) is 30.2 Å². The monoisotopic (exact) mass is 319 g/mol. The summed E-state index contributed by atoms with van der Waals surface area (Å²) in [5.74, 6) is 0. The van der Waals surface area contributed by atoms with Crippen molar-refractivity contribution in [1.82, 2.24) is 9.44 Å². The molecule has 0 aliphatic heterocycles. The third-order valence-electron chi connectivity index (χ3n) is 2.86. The number of hydrogen-bond donors (Lipinski definition) is 3. The van der Waals surface area contributed by atoms with Crippen LogP contribution in [0.1, 0.15) is 18.4 Å². The molecule has 0 spiro atoms. The van der Waals surface area contributed by atoms with E-state index in [-0.39, 0.29) is 17.5 Å². The molecule has 0 unspecified atom stereocenters. The molecule has 112 valence electrons. The van der Waals surface area contributed by atoms with Gasteiger partial charge in [-0.05, 0) is 37.0 Å². The summed E-state index contributed by atoms with van der Waals surface area (Å²) in [5, 5.41) is 4.99. The largest absolute Gasteiger partial charge is 0.277 e. The molecule has 4 N–H and O–H groups in total. The van der Waals surface area contributed by atoms with Gasteiger partial charge in [0.15, 0.2) is 0 Å². The molecule has 0 aromatic heterocycles. The Morgan fingerprint density at radius 3 is 2.20 bits per heavy atom. The van der Waals surface area contributed by atoms with Gasteiger partial charge in [-0.1, -0.05) is 12.1 Å². The van der Waals surface area contributed by atoms with Crippen LogP contribution in [0.5, 0.6) is 0 Å². The molecule has 0 radical (unpaired) electrons. The highest BCUT2D eigenvalue weighted by Crippen LogP contribution is 2.19. The average Bonchev–Trinajstić information content (AvgIpc) is 3.11. The topological polar surface area (TPSA) is 118 Å². The lowest BCUT2D eigenvalue weighted by molar-refractivity contribution is 0.566. The van der Waals surface area contributed by atoms with Gasteiger partial charge in [0.25, 0.3) is 10.2 Å². The SMILES string of the molecule is NS(=O)(=O)c1ccc(CCNS(=O)(=O)NC2CC2)cc1. The molecule has 1 aromatic carbocycles. The van der Waals surface area contributed by atoms with E-state index in [0.29, 0.717) is 6.42 Å². The predicted molar refractivity (Wildman–Crippen MR) is 74.6 cm³/mol. The van der Waals surface area contributed by atoms with Gasteiger partial charge in [0.1, 0.15) is 0 Å². The Hall–Kier alpha value is -1.00. The Bertz CT molecular complexity index is 664. The van der Waals surface area contributed by atoms with Crippen LogP contribution in [0.3, 0.4) is 0 Å². The number of primary sulfonamides is 1. The first-order valence-corrected chi connectivity index (χ1v) is 9.18. The minimum absolute atomic E-state index is 0.0391. The van der Waals surface area contributed by atoms with Crippen LogP contribution in [-0.2, 0) is 26.7 Å². The quantitative estimate of drug-likeness (QED) is 0.625. The molecular weight excluding hydrogens is 302 g/mol. The van der Waals surface area contributed by atoms with E-state index in [2.05, 4.69) is 9.44 Å². The molecule has 1 saturated carbocycles. The minimum Gasteiger partial charge on any atom is -0.225 e. The zero-order valence-corrected chi connectivity index (χ0v) is 12.4. The first-order chi connectivity index (χ1) is 9.26. The van der Waals surface area contributed by atoms with Crippen LogP contribution in [0.25, 0.3) is 0 Å². The van der Waals surface area contributed by atoms with Crippen molar-refractivity contribution in [1.29, 1.82) is 0 Å². The highest BCUT2D eigenvalue weighted by molar-refractivity contribution is 7.89. The van der Waals surface area contributed by atoms with E-state index in [9.17, 15) is 16.8 Å². The number of nitrogens with one attached hydrogen (secondary N) is 2. The zero-order valence-electron chi connectivity index (χ0n) is 10.7. The van der Waals surface area contributed by atoms with Crippen molar-refractivity contribution in [3.8, 4) is 0 Å². The summed E-state index contributed by atoms with van der Waals surface area (Å²) >= 11 is 0. The summed E-state index contributed by atoms with van der Waals surface area (Å²) in [6.45, 7) is 0.247. The van der Waals surface area contributed by atoms with Crippen molar-refractivity contribution in [2.24, 2.45) is 5.14 Å². The Morgan fingerprint density at radius 1 is 1.10 bits per heavy atom. The Labute approximate surface area is 118 Å². The Morgan fingerprint density at radius 2 is 1.70 bits per heavy atom. The molecule has 0 amide bonds. The molecule has 1 aliphatic rings. The Balaban J connectivity index is 1.85. The van der Waals surface area contributed by atoms with Crippen LogP contribution in [0.2, 0.25) is 0 Å². The van der Waals surface area contributed by atoms with Crippen molar-refractivity contribution < 1.29 is 16.8 Å². The molecule has 20 heavy (non-hydrogen) atoms. The van der Waals surface area contributed by atoms with Crippen molar-refractivity contribution in [3.05, 3.63) is 29.8 Å². The van der Waals surface area contributed by atoms with Gasteiger partial charge in [0, 0.05) is 12.6 Å². The first-order valence-electron chi connectivity index (χ1n) is 6.15. The maximum atomic E-state index is 11.5. The second-order valence-corrected chi connectivity index (χ2v) is 7.82. The number of benzene rings is 1. The average molecular weight is 319 g/mol. The van der Waals surface area contributed by atoms with Gasteiger partial charge in [-0.2, -0.15) is 13.1 Å². The number of hydrogen-bond acceptors (Lipinski definition) is 4. The summed E-state index contributed by atoms with van der Waals surface area (Å²) in [5.41, 5.74) is 0.825. The summed E-state index contributed by atoms with van der Waals surface area (Å²) in [7, 11) is -7.13. The van der Waals surface area contributed by atoms with Gasteiger partial charge >= 0.3 is 0 Å². The van der Waals surface area contributed by atoms with E-state index in [0.717, 1.165) is 18.4 Å². The third-order valence-corrected chi connectivity index (χ3v) is 5.01. The summed E-state index contributed by atoms with van der Waals surface area (Å²) in [4.78, 5) is 0.0391. The van der Waals surface area contributed by atoms with Gasteiger partial charge < -0.3 is 0 Å². The van der Waals surface area contributed by atoms with Crippen LogP contribution in [0.4, 0.5) is 0 Å². The van der Waals surface area contributed by atoms with Crippen molar-refractivity contribution >= 4 is 20.2 Å². The van der Waals surface area contributed by atoms with Crippen LogP contribution >= 0.6 is 0 Å². The van der Waals surface area contributed by atoms with E-state index in [4.69, 9.17) is 5.14 Å². The molecule has 9 heteroatoms. The molecule has 1 fully saturated rings. The van der Waals surface area contributed by atoms with Crippen LogP contribution in [0.15, 0.2) is 29.2 Å². The van der Waals surface area contributed by atoms with Gasteiger partial charge in [-0.15, -0.1) is 0 Å².